The number of hydrogen-bond donors (Lipinski definition) is 1. The predicted molar refractivity (Wildman–Crippen MR) is 121 cm³/mol. The van der Waals surface area contributed by atoms with Crippen molar-refractivity contribution in [3.8, 4) is 0 Å². The highest BCUT2D eigenvalue weighted by Gasteiger charge is 2.26. The number of carbonyl (C=O) groups is 1. The van der Waals surface area contributed by atoms with Crippen molar-refractivity contribution in [2.24, 2.45) is 7.05 Å². The molecule has 4 rings (SSSR count). The van der Waals surface area contributed by atoms with Gasteiger partial charge in [-0.15, -0.1) is 0 Å². The number of nitrogens with zero attached hydrogens (tertiary/aromatic N) is 5. The molecule has 1 aromatic carbocycles. The van der Waals surface area contributed by atoms with Crippen LogP contribution in [-0.2, 0) is 7.05 Å². The van der Waals surface area contributed by atoms with Crippen molar-refractivity contribution in [1.82, 2.24) is 19.7 Å². The van der Waals surface area contributed by atoms with Gasteiger partial charge in [0, 0.05) is 39.8 Å². The number of hydrogen-bond acceptors (Lipinski definition) is 5. The fourth-order valence-electron chi connectivity index (χ4n) is 4.20. The number of alkyl halides is 2. The van der Waals surface area contributed by atoms with Crippen LogP contribution in [0.5, 0.6) is 0 Å². The van der Waals surface area contributed by atoms with E-state index in [1.165, 1.54) is 17.0 Å². The molecule has 3 aromatic rings. The van der Waals surface area contributed by atoms with Crippen LogP contribution < -0.4 is 10.2 Å². The highest BCUT2D eigenvalue weighted by Crippen LogP contribution is 2.33. The first-order chi connectivity index (χ1) is 15.7. The lowest BCUT2D eigenvalue weighted by Crippen LogP contribution is -2.27. The van der Waals surface area contributed by atoms with Crippen LogP contribution in [0.2, 0.25) is 0 Å². The second-order valence-electron chi connectivity index (χ2n) is 8.51. The zero-order valence-corrected chi connectivity index (χ0v) is 19.1. The first-order valence-electron chi connectivity index (χ1n) is 10.9. The lowest BCUT2D eigenvalue weighted by atomic mass is 10.0. The van der Waals surface area contributed by atoms with Crippen molar-refractivity contribution in [3.05, 3.63) is 46.8 Å². The number of fused-ring (bicyclic) bond motifs is 1. The molecule has 1 aliphatic heterocycles. The molecule has 0 bridgehead atoms. The third-order valence-electron chi connectivity index (χ3n) is 5.95. The molecular formula is C23H27F3N6O. The van der Waals surface area contributed by atoms with E-state index in [-0.39, 0.29) is 11.5 Å². The standard InChI is InChI=1S/C23H27F3N6O/c1-13(14-8-7-9-15(18(14)24)19(25)26)27-20-16-12-17(23(33)30(2)3)22(32-10-5-6-11-32)28-21(16)31(4)29-20/h7-9,12-13,19H,5-6,10-11H2,1-4H3,(H,27,29). The van der Waals surface area contributed by atoms with E-state index in [0.717, 1.165) is 32.0 Å². The summed E-state index contributed by atoms with van der Waals surface area (Å²) in [6, 6.07) is 5.07. The van der Waals surface area contributed by atoms with Crippen LogP contribution in [0, 0.1) is 5.82 Å². The molecule has 0 radical (unpaired) electrons. The molecule has 0 saturated carbocycles. The molecule has 1 atom stereocenters. The molecule has 3 heterocycles. The maximum atomic E-state index is 14.7. The first kappa shape index (κ1) is 22.9. The molecule has 2 aromatic heterocycles. The third kappa shape index (κ3) is 4.21. The molecule has 1 amide bonds. The molecular weight excluding hydrogens is 433 g/mol. The Morgan fingerprint density at radius 1 is 1.18 bits per heavy atom. The normalized spacial score (nSPS) is 14.8. The van der Waals surface area contributed by atoms with Crippen molar-refractivity contribution in [2.75, 3.05) is 37.4 Å². The number of benzene rings is 1. The van der Waals surface area contributed by atoms with Gasteiger partial charge in [0.05, 0.1) is 22.6 Å². The number of carbonyl (C=O) groups excluding carboxylic acids is 1. The van der Waals surface area contributed by atoms with Crippen molar-refractivity contribution in [3.63, 3.8) is 0 Å². The molecule has 1 fully saturated rings. The Hall–Kier alpha value is -3.30. The predicted octanol–water partition coefficient (Wildman–Crippen LogP) is 4.52. The number of amides is 1. The third-order valence-corrected chi connectivity index (χ3v) is 5.95. The van der Waals surface area contributed by atoms with Crippen LogP contribution in [-0.4, -0.2) is 52.8 Å². The average Bonchev–Trinajstić information content (AvgIpc) is 3.41. The summed E-state index contributed by atoms with van der Waals surface area (Å²) in [4.78, 5) is 21.3. The maximum Gasteiger partial charge on any atom is 0.266 e. The fourth-order valence-corrected chi connectivity index (χ4v) is 4.20. The number of rotatable bonds is 6. The summed E-state index contributed by atoms with van der Waals surface area (Å²) in [5, 5.41) is 8.20. The van der Waals surface area contributed by atoms with Gasteiger partial charge in [-0.25, -0.2) is 22.8 Å². The smallest absolute Gasteiger partial charge is 0.266 e. The van der Waals surface area contributed by atoms with E-state index in [0.29, 0.717) is 28.2 Å². The molecule has 0 spiro atoms. The van der Waals surface area contributed by atoms with E-state index in [1.54, 1.807) is 38.8 Å². The van der Waals surface area contributed by atoms with Gasteiger partial charge >= 0.3 is 0 Å². The number of aryl methyl sites for hydroxylation is 1. The lowest BCUT2D eigenvalue weighted by Gasteiger charge is -2.21. The zero-order chi connectivity index (χ0) is 23.9. The Bertz CT molecular complexity index is 1190. The van der Waals surface area contributed by atoms with Crippen molar-refractivity contribution < 1.29 is 18.0 Å². The number of anilines is 2. The lowest BCUT2D eigenvalue weighted by molar-refractivity contribution is 0.0828. The van der Waals surface area contributed by atoms with Crippen LogP contribution in [0.25, 0.3) is 11.0 Å². The molecule has 0 aliphatic carbocycles. The van der Waals surface area contributed by atoms with E-state index in [4.69, 9.17) is 4.98 Å². The van der Waals surface area contributed by atoms with Crippen molar-refractivity contribution in [2.45, 2.75) is 32.2 Å². The fraction of sp³-hybridized carbons (Fsp3) is 0.435. The van der Waals surface area contributed by atoms with Gasteiger partial charge < -0.3 is 15.1 Å². The SMILES string of the molecule is CC(Nc1nn(C)c2nc(N3CCCC3)c(C(=O)N(C)C)cc12)c1cccc(C(F)F)c1F. The molecule has 1 unspecified atom stereocenters. The van der Waals surface area contributed by atoms with Gasteiger partial charge in [0.25, 0.3) is 12.3 Å². The quantitative estimate of drug-likeness (QED) is 0.586. The molecule has 10 heteroatoms. The highest BCUT2D eigenvalue weighted by atomic mass is 19.3. The minimum Gasteiger partial charge on any atom is -0.361 e. The average molecular weight is 461 g/mol. The zero-order valence-electron chi connectivity index (χ0n) is 19.1. The van der Waals surface area contributed by atoms with E-state index >= 15 is 0 Å². The summed E-state index contributed by atoms with van der Waals surface area (Å²) in [6.45, 7) is 3.32. The number of pyridine rings is 1. The molecule has 1 aliphatic rings. The van der Waals surface area contributed by atoms with Gasteiger partial charge in [0.1, 0.15) is 11.6 Å². The Morgan fingerprint density at radius 2 is 1.85 bits per heavy atom. The van der Waals surface area contributed by atoms with Crippen LogP contribution >= 0.6 is 0 Å². The number of nitrogens with one attached hydrogen (secondary N) is 1. The molecule has 33 heavy (non-hydrogen) atoms. The molecule has 1 saturated heterocycles. The molecule has 7 nitrogen and oxygen atoms in total. The topological polar surface area (TPSA) is 66.3 Å². The van der Waals surface area contributed by atoms with Crippen LogP contribution in [0.1, 0.15) is 53.7 Å². The number of halogens is 3. The summed E-state index contributed by atoms with van der Waals surface area (Å²) < 4.78 is 42.5. The second-order valence-corrected chi connectivity index (χ2v) is 8.51. The van der Waals surface area contributed by atoms with Crippen LogP contribution in [0.3, 0.4) is 0 Å². The van der Waals surface area contributed by atoms with E-state index in [9.17, 15) is 18.0 Å². The van der Waals surface area contributed by atoms with E-state index < -0.39 is 23.8 Å². The second kappa shape index (κ2) is 8.92. The summed E-state index contributed by atoms with van der Waals surface area (Å²) in [5.74, 6) is -0.0948. The maximum absolute atomic E-state index is 14.7. The Labute approximate surface area is 190 Å². The minimum absolute atomic E-state index is 0.109. The van der Waals surface area contributed by atoms with Gasteiger partial charge in [0.15, 0.2) is 11.5 Å². The Balaban J connectivity index is 1.77. The van der Waals surface area contributed by atoms with Crippen LogP contribution in [0.15, 0.2) is 24.3 Å². The molecule has 176 valence electrons. The van der Waals surface area contributed by atoms with Crippen molar-refractivity contribution >= 4 is 28.6 Å². The Kier molecular flexibility index (Phi) is 6.18. The van der Waals surface area contributed by atoms with E-state index in [2.05, 4.69) is 15.3 Å². The molecule has 1 N–H and O–H groups in total. The monoisotopic (exact) mass is 460 g/mol. The highest BCUT2D eigenvalue weighted by molar-refractivity contribution is 6.03. The summed E-state index contributed by atoms with van der Waals surface area (Å²) >= 11 is 0. The van der Waals surface area contributed by atoms with Gasteiger partial charge in [-0.3, -0.25) is 4.79 Å². The minimum atomic E-state index is -2.90. The summed E-state index contributed by atoms with van der Waals surface area (Å²) in [6.07, 6.45) is -0.830. The first-order valence-corrected chi connectivity index (χ1v) is 10.9. The Morgan fingerprint density at radius 3 is 2.48 bits per heavy atom. The van der Waals surface area contributed by atoms with Gasteiger partial charge in [-0.1, -0.05) is 18.2 Å². The van der Waals surface area contributed by atoms with Gasteiger partial charge in [0.2, 0.25) is 0 Å². The number of aromatic nitrogens is 3. The van der Waals surface area contributed by atoms with Gasteiger partial charge in [-0.05, 0) is 25.8 Å². The summed E-state index contributed by atoms with van der Waals surface area (Å²) in [5.41, 5.74) is 0.508. The van der Waals surface area contributed by atoms with E-state index in [1.807, 2.05) is 0 Å². The summed E-state index contributed by atoms with van der Waals surface area (Å²) in [7, 11) is 5.11. The van der Waals surface area contributed by atoms with Gasteiger partial charge in [-0.2, -0.15) is 5.10 Å². The van der Waals surface area contributed by atoms with Crippen LogP contribution in [0.4, 0.5) is 24.8 Å². The van der Waals surface area contributed by atoms with Crippen molar-refractivity contribution in [1.29, 1.82) is 0 Å². The largest absolute Gasteiger partial charge is 0.361 e.